The number of hydrogen-bond acceptors (Lipinski definition) is 2. The van der Waals surface area contributed by atoms with Crippen LogP contribution >= 0.6 is 0 Å². The van der Waals surface area contributed by atoms with Gasteiger partial charge in [-0.05, 0) is 49.1 Å². The zero-order valence-electron chi connectivity index (χ0n) is 12.4. The smallest absolute Gasteiger partial charge is 0.0949 e. The third-order valence-electron chi connectivity index (χ3n) is 4.98. The number of benzene rings is 1. The largest absolute Gasteiger partial charge is 0.333 e. The zero-order valence-corrected chi connectivity index (χ0v) is 12.4. The van der Waals surface area contributed by atoms with E-state index < -0.39 is 0 Å². The van der Waals surface area contributed by atoms with Crippen LogP contribution in [0.5, 0.6) is 0 Å². The fourth-order valence-corrected chi connectivity index (χ4v) is 3.57. The average Bonchev–Trinajstić information content (AvgIpc) is 3.03. The van der Waals surface area contributed by atoms with Gasteiger partial charge >= 0.3 is 0 Å². The first kappa shape index (κ1) is 13.1. The Labute approximate surface area is 126 Å². The number of hydrogen-bond donors (Lipinski definition) is 1. The highest BCUT2D eigenvalue weighted by molar-refractivity contribution is 5.28. The lowest BCUT2D eigenvalue weighted by molar-refractivity contribution is 0.390. The molecule has 2 unspecified atom stereocenters. The van der Waals surface area contributed by atoms with Crippen LogP contribution in [0.15, 0.2) is 43.0 Å². The van der Waals surface area contributed by atoms with Gasteiger partial charge in [-0.25, -0.2) is 4.98 Å². The molecule has 0 bridgehead atoms. The van der Waals surface area contributed by atoms with Crippen molar-refractivity contribution in [3.63, 3.8) is 0 Å². The second kappa shape index (κ2) is 5.64. The Morgan fingerprint density at radius 1 is 1.10 bits per heavy atom. The van der Waals surface area contributed by atoms with Crippen molar-refractivity contribution in [3.05, 3.63) is 54.1 Å². The normalized spacial score (nSPS) is 25.3. The van der Waals surface area contributed by atoms with Crippen molar-refractivity contribution in [1.82, 2.24) is 14.9 Å². The van der Waals surface area contributed by atoms with E-state index in [4.69, 9.17) is 0 Å². The molecule has 1 aromatic heterocycles. The van der Waals surface area contributed by atoms with Crippen LogP contribution in [0.25, 0.3) is 0 Å². The molecule has 2 aromatic rings. The van der Waals surface area contributed by atoms with Crippen molar-refractivity contribution < 1.29 is 0 Å². The lowest BCUT2D eigenvalue weighted by atomic mass is 10.1. The van der Waals surface area contributed by atoms with E-state index in [1.165, 1.54) is 43.2 Å². The number of rotatable bonds is 5. The van der Waals surface area contributed by atoms with Gasteiger partial charge in [0.15, 0.2) is 0 Å². The molecular formula is C18H23N3. The lowest BCUT2D eigenvalue weighted by Gasteiger charge is -2.22. The number of aromatic nitrogens is 2. The molecule has 0 saturated heterocycles. The van der Waals surface area contributed by atoms with Crippen molar-refractivity contribution >= 4 is 0 Å². The minimum absolute atomic E-state index is 0.568. The average molecular weight is 281 g/mol. The predicted octanol–water partition coefficient (Wildman–Crippen LogP) is 3.64. The molecule has 2 atom stereocenters. The molecule has 3 heteroatoms. The van der Waals surface area contributed by atoms with E-state index in [1.54, 1.807) is 0 Å². The summed E-state index contributed by atoms with van der Waals surface area (Å²) in [4.78, 5) is 4.19. The van der Waals surface area contributed by atoms with E-state index in [-0.39, 0.29) is 0 Å². The number of imidazole rings is 1. The predicted molar refractivity (Wildman–Crippen MR) is 84.2 cm³/mol. The van der Waals surface area contributed by atoms with Crippen LogP contribution in [-0.2, 0) is 6.54 Å². The van der Waals surface area contributed by atoms with Crippen LogP contribution < -0.4 is 5.32 Å². The van der Waals surface area contributed by atoms with Crippen LogP contribution in [0.4, 0.5) is 0 Å². The first-order valence-corrected chi connectivity index (χ1v) is 8.20. The Hall–Kier alpha value is -1.61. The summed E-state index contributed by atoms with van der Waals surface area (Å²) in [7, 11) is 0. The highest BCUT2D eigenvalue weighted by Crippen LogP contribution is 2.39. The molecule has 1 N–H and O–H groups in total. The molecule has 1 aromatic carbocycles. The first-order chi connectivity index (χ1) is 10.4. The maximum Gasteiger partial charge on any atom is 0.0949 e. The molecule has 2 aliphatic rings. The standard InChI is InChI=1S/C18H23N3/c1-2-17(18(3-1)21-11-10-19-13-21)20-12-14-4-6-15(7-5-14)16-8-9-16/h4-7,10-11,13,16-18,20H,1-3,8-9,12H2. The van der Waals surface area contributed by atoms with Gasteiger partial charge in [-0.1, -0.05) is 24.3 Å². The third kappa shape index (κ3) is 2.88. The van der Waals surface area contributed by atoms with E-state index in [1.807, 2.05) is 12.5 Å². The summed E-state index contributed by atoms with van der Waals surface area (Å²) in [5.41, 5.74) is 2.92. The molecule has 4 rings (SSSR count). The van der Waals surface area contributed by atoms with Gasteiger partial charge in [-0.2, -0.15) is 0 Å². The van der Waals surface area contributed by atoms with Gasteiger partial charge in [0, 0.05) is 31.0 Å². The Balaban J connectivity index is 1.37. The summed E-state index contributed by atoms with van der Waals surface area (Å²) in [5, 5.41) is 3.75. The molecule has 110 valence electrons. The third-order valence-corrected chi connectivity index (χ3v) is 4.98. The van der Waals surface area contributed by atoms with E-state index >= 15 is 0 Å². The van der Waals surface area contributed by atoms with Crippen LogP contribution in [0.3, 0.4) is 0 Å². The number of nitrogens with one attached hydrogen (secondary N) is 1. The van der Waals surface area contributed by atoms with Crippen molar-refractivity contribution in [1.29, 1.82) is 0 Å². The quantitative estimate of drug-likeness (QED) is 0.906. The van der Waals surface area contributed by atoms with Gasteiger partial charge in [-0.3, -0.25) is 0 Å². The molecule has 0 spiro atoms. The topological polar surface area (TPSA) is 29.9 Å². The highest BCUT2D eigenvalue weighted by atomic mass is 15.1. The summed E-state index contributed by atoms with van der Waals surface area (Å²) in [6.45, 7) is 0.973. The maximum atomic E-state index is 4.19. The van der Waals surface area contributed by atoms with Crippen LogP contribution in [0, 0.1) is 0 Å². The molecule has 0 aliphatic heterocycles. The summed E-state index contributed by atoms with van der Waals surface area (Å²) in [6, 6.07) is 10.4. The van der Waals surface area contributed by atoms with Crippen LogP contribution in [-0.4, -0.2) is 15.6 Å². The minimum atomic E-state index is 0.568. The highest BCUT2D eigenvalue weighted by Gasteiger charge is 2.28. The van der Waals surface area contributed by atoms with Crippen molar-refractivity contribution in [2.24, 2.45) is 0 Å². The second-order valence-electron chi connectivity index (χ2n) is 6.51. The first-order valence-electron chi connectivity index (χ1n) is 8.20. The second-order valence-corrected chi connectivity index (χ2v) is 6.51. The van der Waals surface area contributed by atoms with E-state index in [0.717, 1.165) is 12.5 Å². The molecule has 3 nitrogen and oxygen atoms in total. The molecule has 2 fully saturated rings. The zero-order chi connectivity index (χ0) is 14.1. The SMILES string of the molecule is c1cn(C2CCCC2NCc2ccc(C3CC3)cc2)cn1. The Morgan fingerprint density at radius 2 is 1.95 bits per heavy atom. The van der Waals surface area contributed by atoms with E-state index in [0.29, 0.717) is 12.1 Å². The molecule has 2 aliphatic carbocycles. The van der Waals surface area contributed by atoms with Gasteiger partial charge in [0.25, 0.3) is 0 Å². The van der Waals surface area contributed by atoms with Gasteiger partial charge in [0.05, 0.1) is 6.33 Å². The Kier molecular flexibility index (Phi) is 3.52. The monoisotopic (exact) mass is 281 g/mol. The summed E-state index contributed by atoms with van der Waals surface area (Å²) in [6.07, 6.45) is 12.5. The van der Waals surface area contributed by atoms with E-state index in [9.17, 15) is 0 Å². The van der Waals surface area contributed by atoms with Gasteiger partial charge < -0.3 is 9.88 Å². The summed E-state index contributed by atoms with van der Waals surface area (Å²) in [5.74, 6) is 0.854. The van der Waals surface area contributed by atoms with Crippen molar-refractivity contribution in [2.75, 3.05) is 0 Å². The van der Waals surface area contributed by atoms with E-state index in [2.05, 4.69) is 45.3 Å². The van der Waals surface area contributed by atoms with Gasteiger partial charge in [0.2, 0.25) is 0 Å². The Morgan fingerprint density at radius 3 is 2.67 bits per heavy atom. The fraction of sp³-hybridized carbons (Fsp3) is 0.500. The molecule has 0 amide bonds. The van der Waals surface area contributed by atoms with Crippen LogP contribution in [0.2, 0.25) is 0 Å². The molecule has 1 heterocycles. The number of nitrogens with zero attached hydrogens (tertiary/aromatic N) is 2. The maximum absolute atomic E-state index is 4.19. The molecule has 21 heavy (non-hydrogen) atoms. The van der Waals surface area contributed by atoms with Crippen molar-refractivity contribution in [3.8, 4) is 0 Å². The fourth-order valence-electron chi connectivity index (χ4n) is 3.57. The molecule has 2 saturated carbocycles. The molecular weight excluding hydrogens is 258 g/mol. The van der Waals surface area contributed by atoms with Crippen molar-refractivity contribution in [2.45, 2.75) is 56.7 Å². The Bertz CT molecular complexity index is 569. The van der Waals surface area contributed by atoms with Gasteiger partial charge in [0.1, 0.15) is 0 Å². The summed E-state index contributed by atoms with van der Waals surface area (Å²) >= 11 is 0. The van der Waals surface area contributed by atoms with Crippen LogP contribution in [0.1, 0.15) is 55.2 Å². The van der Waals surface area contributed by atoms with Gasteiger partial charge in [-0.15, -0.1) is 0 Å². The lowest BCUT2D eigenvalue weighted by Crippen LogP contribution is -2.33. The summed E-state index contributed by atoms with van der Waals surface area (Å²) < 4.78 is 2.26. The molecule has 0 radical (unpaired) electrons. The minimum Gasteiger partial charge on any atom is -0.333 e.